The van der Waals surface area contributed by atoms with Crippen LogP contribution in [0.25, 0.3) is 0 Å². The minimum Gasteiger partial charge on any atom is -0.497 e. The number of oxime groups is 1. The number of halogens is 1. The summed E-state index contributed by atoms with van der Waals surface area (Å²) in [5, 5.41) is 10.4. The third-order valence-electron chi connectivity index (χ3n) is 2.05. The summed E-state index contributed by atoms with van der Waals surface area (Å²) in [6.45, 7) is 0. The first-order chi connectivity index (χ1) is 6.66. The fourth-order valence-corrected chi connectivity index (χ4v) is 1.39. The van der Waals surface area contributed by atoms with E-state index in [1.165, 1.54) is 13.3 Å². The zero-order chi connectivity index (χ0) is 10.6. The Morgan fingerprint density at radius 1 is 1.64 bits per heavy atom. The number of nitrogens with zero attached hydrogens (tertiary/aromatic N) is 1. The van der Waals surface area contributed by atoms with Crippen LogP contribution in [0.3, 0.4) is 0 Å². The monoisotopic (exact) mass is 217 g/mol. The number of alkyl halides is 1. The molecule has 0 aromatic heterocycles. The molecule has 1 rings (SSSR count). The van der Waals surface area contributed by atoms with E-state index in [1.807, 2.05) is 0 Å². The molecule has 0 unspecified atom stereocenters. The molecule has 0 aromatic carbocycles. The molecule has 0 fully saturated rings. The predicted molar refractivity (Wildman–Crippen MR) is 53.6 cm³/mol. The molecule has 5 heteroatoms. The molecule has 0 aliphatic heterocycles. The molecule has 0 bridgehead atoms. The zero-order valence-corrected chi connectivity index (χ0v) is 8.73. The minimum atomic E-state index is -1.01. The SMILES string of the molecule is COC1=C[C@@H](/C=N/O)[C@](Cl)(OC)C=C1. The van der Waals surface area contributed by atoms with Gasteiger partial charge in [-0.05, 0) is 18.2 Å². The summed E-state index contributed by atoms with van der Waals surface area (Å²) in [5.41, 5.74) is 0. The molecule has 2 atom stereocenters. The van der Waals surface area contributed by atoms with Crippen LogP contribution in [0, 0.1) is 5.92 Å². The molecule has 1 aliphatic rings. The van der Waals surface area contributed by atoms with Crippen molar-refractivity contribution in [2.24, 2.45) is 11.1 Å². The van der Waals surface area contributed by atoms with Gasteiger partial charge in [0, 0.05) is 7.11 Å². The van der Waals surface area contributed by atoms with E-state index in [2.05, 4.69) is 5.16 Å². The highest BCUT2D eigenvalue weighted by molar-refractivity contribution is 6.25. The van der Waals surface area contributed by atoms with Crippen molar-refractivity contribution in [1.82, 2.24) is 0 Å². The molecule has 0 aromatic rings. The van der Waals surface area contributed by atoms with Crippen LogP contribution in [0.4, 0.5) is 0 Å². The average molecular weight is 218 g/mol. The van der Waals surface area contributed by atoms with Crippen molar-refractivity contribution in [3.05, 3.63) is 24.0 Å². The van der Waals surface area contributed by atoms with E-state index in [0.29, 0.717) is 5.76 Å². The molecule has 1 aliphatic carbocycles. The van der Waals surface area contributed by atoms with E-state index in [0.717, 1.165) is 0 Å². The number of ether oxygens (including phenoxy) is 2. The topological polar surface area (TPSA) is 51.0 Å². The highest BCUT2D eigenvalue weighted by Crippen LogP contribution is 2.33. The zero-order valence-electron chi connectivity index (χ0n) is 7.98. The van der Waals surface area contributed by atoms with Crippen molar-refractivity contribution in [2.75, 3.05) is 14.2 Å². The van der Waals surface area contributed by atoms with Gasteiger partial charge in [-0.15, -0.1) is 5.16 Å². The molecule has 0 heterocycles. The number of rotatable bonds is 3. The molecule has 0 spiro atoms. The Kier molecular flexibility index (Phi) is 3.55. The molecule has 0 radical (unpaired) electrons. The van der Waals surface area contributed by atoms with Crippen LogP contribution in [-0.4, -0.2) is 30.7 Å². The highest BCUT2D eigenvalue weighted by Gasteiger charge is 2.35. The minimum absolute atomic E-state index is 0.362. The Bertz CT molecular complexity index is 288. The molecule has 0 saturated carbocycles. The number of methoxy groups -OCH3 is 2. The maximum Gasteiger partial charge on any atom is 0.171 e. The first-order valence-corrected chi connectivity index (χ1v) is 4.40. The van der Waals surface area contributed by atoms with Gasteiger partial charge in [-0.3, -0.25) is 0 Å². The summed E-state index contributed by atoms with van der Waals surface area (Å²) in [6.07, 6.45) is 6.37. The van der Waals surface area contributed by atoms with Gasteiger partial charge in [0.2, 0.25) is 0 Å². The third-order valence-corrected chi connectivity index (χ3v) is 2.58. The van der Waals surface area contributed by atoms with Crippen LogP contribution in [-0.2, 0) is 9.47 Å². The van der Waals surface area contributed by atoms with E-state index >= 15 is 0 Å². The second-order valence-corrected chi connectivity index (χ2v) is 3.39. The molecule has 78 valence electrons. The maximum atomic E-state index is 8.47. The summed E-state index contributed by atoms with van der Waals surface area (Å²) in [4.78, 5) is 0. The lowest BCUT2D eigenvalue weighted by atomic mass is 9.97. The molecule has 0 amide bonds. The van der Waals surface area contributed by atoms with Crippen molar-refractivity contribution < 1.29 is 14.7 Å². The lowest BCUT2D eigenvalue weighted by molar-refractivity contribution is 0.0856. The highest BCUT2D eigenvalue weighted by atomic mass is 35.5. The van der Waals surface area contributed by atoms with E-state index in [9.17, 15) is 0 Å². The van der Waals surface area contributed by atoms with Crippen LogP contribution >= 0.6 is 11.6 Å². The number of hydrogen-bond acceptors (Lipinski definition) is 4. The Labute approximate surface area is 87.4 Å². The van der Waals surface area contributed by atoms with Crippen LogP contribution in [0.15, 0.2) is 29.1 Å². The first-order valence-electron chi connectivity index (χ1n) is 4.03. The quantitative estimate of drug-likeness (QED) is 0.339. The molecule has 0 saturated heterocycles. The van der Waals surface area contributed by atoms with Gasteiger partial charge in [0.1, 0.15) is 5.76 Å². The summed E-state index contributed by atoms with van der Waals surface area (Å²) in [6, 6.07) is 0. The molecule has 14 heavy (non-hydrogen) atoms. The van der Waals surface area contributed by atoms with Crippen LogP contribution in [0.2, 0.25) is 0 Å². The van der Waals surface area contributed by atoms with Gasteiger partial charge in [-0.2, -0.15) is 0 Å². The Hall–Kier alpha value is -1.00. The lowest BCUT2D eigenvalue weighted by Crippen LogP contribution is -2.34. The molecular formula is C9H12ClNO3. The maximum absolute atomic E-state index is 8.47. The van der Waals surface area contributed by atoms with Gasteiger partial charge in [0.15, 0.2) is 5.06 Å². The normalized spacial score (nSPS) is 31.9. The van der Waals surface area contributed by atoms with Gasteiger partial charge >= 0.3 is 0 Å². The third kappa shape index (κ3) is 2.08. The Balaban J connectivity index is 2.94. The van der Waals surface area contributed by atoms with E-state index < -0.39 is 5.06 Å². The fourth-order valence-electron chi connectivity index (χ4n) is 1.21. The standard InChI is InChI=1S/C9H12ClNO3/c1-13-8-3-4-9(10,14-2)7(5-8)6-11-12/h3-7,12H,1-2H3/b11-6+/t7-,9+/m0/s1. The average Bonchev–Trinajstić information content (AvgIpc) is 2.22. The van der Waals surface area contributed by atoms with E-state index in [4.69, 9.17) is 26.3 Å². The van der Waals surface area contributed by atoms with E-state index in [1.54, 1.807) is 25.3 Å². The first kappa shape index (κ1) is 11.1. The van der Waals surface area contributed by atoms with Gasteiger partial charge < -0.3 is 14.7 Å². The van der Waals surface area contributed by atoms with Crippen molar-refractivity contribution in [1.29, 1.82) is 0 Å². The number of hydrogen-bond donors (Lipinski definition) is 1. The lowest BCUT2D eigenvalue weighted by Gasteiger charge is -2.29. The smallest absolute Gasteiger partial charge is 0.171 e. The fraction of sp³-hybridized carbons (Fsp3) is 0.444. The largest absolute Gasteiger partial charge is 0.497 e. The number of allylic oxidation sites excluding steroid dienone is 1. The molecule has 1 N–H and O–H groups in total. The summed E-state index contributed by atoms with van der Waals surface area (Å²) >= 11 is 6.12. The summed E-state index contributed by atoms with van der Waals surface area (Å²) < 4.78 is 10.1. The van der Waals surface area contributed by atoms with Gasteiger partial charge in [-0.25, -0.2) is 0 Å². The van der Waals surface area contributed by atoms with E-state index in [-0.39, 0.29) is 5.92 Å². The van der Waals surface area contributed by atoms with Gasteiger partial charge in [-0.1, -0.05) is 11.6 Å². The van der Waals surface area contributed by atoms with Crippen LogP contribution in [0.1, 0.15) is 0 Å². The second kappa shape index (κ2) is 4.48. The van der Waals surface area contributed by atoms with Crippen molar-refractivity contribution in [3.8, 4) is 0 Å². The second-order valence-electron chi connectivity index (χ2n) is 2.80. The van der Waals surface area contributed by atoms with Gasteiger partial charge in [0.05, 0.1) is 19.2 Å². The Morgan fingerprint density at radius 3 is 2.86 bits per heavy atom. The van der Waals surface area contributed by atoms with Crippen molar-refractivity contribution in [2.45, 2.75) is 5.06 Å². The van der Waals surface area contributed by atoms with Crippen LogP contribution < -0.4 is 0 Å². The van der Waals surface area contributed by atoms with Crippen molar-refractivity contribution in [3.63, 3.8) is 0 Å². The Morgan fingerprint density at radius 2 is 2.36 bits per heavy atom. The molecule has 4 nitrogen and oxygen atoms in total. The van der Waals surface area contributed by atoms with Crippen molar-refractivity contribution >= 4 is 17.8 Å². The summed E-state index contributed by atoms with van der Waals surface area (Å²) in [5.74, 6) is 0.294. The predicted octanol–water partition coefficient (Wildman–Crippen LogP) is 1.74. The van der Waals surface area contributed by atoms with Crippen LogP contribution in [0.5, 0.6) is 0 Å². The summed E-state index contributed by atoms with van der Waals surface area (Å²) in [7, 11) is 3.04. The molecular weight excluding hydrogens is 206 g/mol. The van der Waals surface area contributed by atoms with Gasteiger partial charge in [0.25, 0.3) is 0 Å².